The zero-order valence-electron chi connectivity index (χ0n) is 20.0. The number of aromatic nitrogens is 4. The molecule has 1 saturated heterocycles. The molecule has 5 heterocycles. The Labute approximate surface area is 210 Å². The van der Waals surface area contributed by atoms with Crippen molar-refractivity contribution in [2.45, 2.75) is 49.5 Å². The number of nitrogens with two attached hydrogens (primary N) is 1. The van der Waals surface area contributed by atoms with E-state index in [2.05, 4.69) is 20.4 Å². The van der Waals surface area contributed by atoms with Crippen LogP contribution in [0, 0.1) is 0 Å². The van der Waals surface area contributed by atoms with Crippen LogP contribution in [0.3, 0.4) is 0 Å². The third kappa shape index (κ3) is 3.99. The highest BCUT2D eigenvalue weighted by Crippen LogP contribution is 2.43. The molecule has 0 bridgehead atoms. The van der Waals surface area contributed by atoms with Crippen LogP contribution in [-0.2, 0) is 28.6 Å². The molecule has 1 spiro atoms. The number of likely N-dealkylation sites (tertiary alicyclic amines) is 1. The monoisotopic (exact) mass is 513 g/mol. The number of anilines is 1. The van der Waals surface area contributed by atoms with E-state index in [0.29, 0.717) is 38.4 Å². The van der Waals surface area contributed by atoms with Gasteiger partial charge in [-0.3, -0.25) is 9.67 Å². The summed E-state index contributed by atoms with van der Waals surface area (Å²) in [6, 6.07) is 6.41. The number of carbonyl (C=O) groups is 1. The first-order valence-electron chi connectivity index (χ1n) is 12.2. The Morgan fingerprint density at radius 3 is 2.62 bits per heavy atom. The minimum atomic E-state index is -4.62. The number of urea groups is 1. The van der Waals surface area contributed by atoms with E-state index >= 15 is 0 Å². The molecule has 3 aromatic rings. The van der Waals surface area contributed by atoms with Gasteiger partial charge in [0, 0.05) is 37.1 Å². The molecule has 2 fully saturated rings. The van der Waals surface area contributed by atoms with Crippen LogP contribution in [0.5, 0.6) is 0 Å². The van der Waals surface area contributed by atoms with Gasteiger partial charge < -0.3 is 20.7 Å². The van der Waals surface area contributed by atoms with E-state index < -0.39 is 28.7 Å². The highest BCUT2D eigenvalue weighted by atomic mass is 19.4. The summed E-state index contributed by atoms with van der Waals surface area (Å²) in [5, 5.41) is 7.79. The van der Waals surface area contributed by atoms with Crippen LogP contribution >= 0.6 is 0 Å². The van der Waals surface area contributed by atoms with E-state index in [1.165, 1.54) is 6.20 Å². The molecule has 3 N–H and O–H groups in total. The maximum absolute atomic E-state index is 13.4. The Morgan fingerprint density at radius 1 is 1.14 bits per heavy atom. The molecule has 194 valence electrons. The van der Waals surface area contributed by atoms with E-state index in [1.54, 1.807) is 28.0 Å². The average Bonchev–Trinajstić information content (AvgIpc) is 3.48. The molecule has 1 atom stereocenters. The van der Waals surface area contributed by atoms with Crippen LogP contribution in [0.15, 0.2) is 42.9 Å². The summed E-state index contributed by atoms with van der Waals surface area (Å²) < 4.78 is 48.1. The topological polar surface area (TPSA) is 111 Å². The van der Waals surface area contributed by atoms with Crippen LogP contribution in [0.25, 0.3) is 11.3 Å². The summed E-state index contributed by atoms with van der Waals surface area (Å²) in [4.78, 5) is 22.9. The molecule has 37 heavy (non-hydrogen) atoms. The van der Waals surface area contributed by atoms with Crippen LogP contribution in [0.2, 0.25) is 0 Å². The molecular formula is C25H26F3N7O2. The van der Waals surface area contributed by atoms with Crippen molar-refractivity contribution in [1.82, 2.24) is 30.0 Å². The fraction of sp³-hybridized carbons (Fsp3) is 0.440. The summed E-state index contributed by atoms with van der Waals surface area (Å²) >= 11 is 0. The number of hydrogen-bond donors (Lipinski definition) is 2. The summed E-state index contributed by atoms with van der Waals surface area (Å²) in [5.41, 5.74) is 5.65. The lowest BCUT2D eigenvalue weighted by Gasteiger charge is -2.44. The smallest absolute Gasteiger partial charge is 0.383 e. The number of halogens is 3. The summed E-state index contributed by atoms with van der Waals surface area (Å²) in [6.07, 6.45) is 3.45. The number of pyridine rings is 2. The van der Waals surface area contributed by atoms with Crippen LogP contribution in [0.4, 0.5) is 23.8 Å². The van der Waals surface area contributed by atoms with Gasteiger partial charge in [0.15, 0.2) is 0 Å². The van der Waals surface area contributed by atoms with Crippen molar-refractivity contribution < 1.29 is 22.7 Å². The second kappa shape index (κ2) is 8.44. The third-order valence-corrected chi connectivity index (χ3v) is 7.75. The number of carbonyl (C=O) groups excluding carboxylic acids is 1. The summed E-state index contributed by atoms with van der Waals surface area (Å²) in [6.45, 7) is 1.66. The molecule has 1 saturated carbocycles. The quantitative estimate of drug-likeness (QED) is 0.553. The molecule has 6 rings (SSSR count). The van der Waals surface area contributed by atoms with E-state index in [0.717, 1.165) is 36.6 Å². The number of nitrogen functional groups attached to an aromatic ring is 1. The van der Waals surface area contributed by atoms with Crippen molar-refractivity contribution in [3.8, 4) is 11.3 Å². The van der Waals surface area contributed by atoms with Crippen molar-refractivity contribution in [2.24, 2.45) is 0 Å². The van der Waals surface area contributed by atoms with Gasteiger partial charge in [-0.15, -0.1) is 0 Å². The molecule has 2 amide bonds. The van der Waals surface area contributed by atoms with Crippen molar-refractivity contribution in [3.05, 3.63) is 59.7 Å². The number of rotatable bonds is 3. The molecular weight excluding hydrogens is 487 g/mol. The first-order valence-corrected chi connectivity index (χ1v) is 12.2. The molecule has 1 aliphatic carbocycles. The maximum atomic E-state index is 13.4. The van der Waals surface area contributed by atoms with Crippen LogP contribution in [0.1, 0.15) is 42.5 Å². The van der Waals surface area contributed by atoms with Gasteiger partial charge in [0.25, 0.3) is 0 Å². The highest BCUT2D eigenvalue weighted by Gasteiger charge is 2.49. The van der Waals surface area contributed by atoms with E-state index in [4.69, 9.17) is 10.5 Å². The zero-order chi connectivity index (χ0) is 25.8. The number of nitrogens with zero attached hydrogens (tertiary/aromatic N) is 5. The lowest BCUT2D eigenvalue weighted by molar-refractivity contribution is -0.137. The Bertz CT molecular complexity index is 1340. The number of fused-ring (bicyclic) bond motifs is 2. The Hall–Kier alpha value is -3.67. The Kier molecular flexibility index (Phi) is 5.41. The second-order valence-electron chi connectivity index (χ2n) is 9.91. The molecule has 2 aliphatic heterocycles. The SMILES string of the molecule is Nc1ncc(-c2cc3n(n2)CCOC32CCN(C(=O)NC3(c4ccncc4)CCC3)C2)cc1C(F)(F)F. The van der Waals surface area contributed by atoms with Crippen LogP contribution in [-0.4, -0.2) is 50.4 Å². The average molecular weight is 514 g/mol. The standard InChI is InChI=1S/C25H26F3N7O2/c26-25(27,28)18-12-16(14-31-21(18)29)19-13-20-24(37-11-10-35(20)33-19)6-9-34(15-24)22(36)32-23(4-1-5-23)17-2-7-30-8-3-17/h2-3,7-8,12-14H,1,4-6,9-11,15H2,(H2,29,31)(H,32,36). The number of amides is 2. The largest absolute Gasteiger partial charge is 0.419 e. The van der Waals surface area contributed by atoms with Crippen molar-refractivity contribution >= 4 is 11.8 Å². The minimum absolute atomic E-state index is 0.161. The van der Waals surface area contributed by atoms with E-state index in [9.17, 15) is 18.0 Å². The minimum Gasteiger partial charge on any atom is -0.383 e. The maximum Gasteiger partial charge on any atom is 0.419 e. The van der Waals surface area contributed by atoms with Gasteiger partial charge in [-0.1, -0.05) is 0 Å². The van der Waals surface area contributed by atoms with Gasteiger partial charge in [-0.25, -0.2) is 9.78 Å². The van der Waals surface area contributed by atoms with Crippen LogP contribution < -0.4 is 11.1 Å². The van der Waals surface area contributed by atoms with Gasteiger partial charge in [-0.2, -0.15) is 18.3 Å². The molecule has 0 radical (unpaired) electrons. The Balaban J connectivity index is 1.24. The van der Waals surface area contributed by atoms with Gasteiger partial charge >= 0.3 is 12.2 Å². The second-order valence-corrected chi connectivity index (χ2v) is 9.91. The first-order chi connectivity index (χ1) is 17.7. The van der Waals surface area contributed by atoms with Gasteiger partial charge in [-0.05, 0) is 49.1 Å². The Morgan fingerprint density at radius 2 is 1.92 bits per heavy atom. The molecule has 12 heteroatoms. The number of hydrogen-bond acceptors (Lipinski definition) is 6. The summed E-state index contributed by atoms with van der Waals surface area (Å²) in [5.74, 6) is -0.575. The number of nitrogens with one attached hydrogen (secondary N) is 1. The predicted octanol–water partition coefficient (Wildman–Crippen LogP) is 3.66. The fourth-order valence-electron chi connectivity index (χ4n) is 5.59. The van der Waals surface area contributed by atoms with Gasteiger partial charge in [0.05, 0.1) is 42.2 Å². The third-order valence-electron chi connectivity index (χ3n) is 7.75. The molecule has 3 aromatic heterocycles. The molecule has 0 aromatic carbocycles. The van der Waals surface area contributed by atoms with Gasteiger partial charge in [0.1, 0.15) is 11.4 Å². The predicted molar refractivity (Wildman–Crippen MR) is 127 cm³/mol. The van der Waals surface area contributed by atoms with E-state index in [1.807, 2.05) is 12.1 Å². The fourth-order valence-corrected chi connectivity index (χ4v) is 5.59. The lowest BCUT2D eigenvalue weighted by Crippen LogP contribution is -2.55. The number of alkyl halides is 3. The molecule has 3 aliphatic rings. The number of ether oxygens (including phenoxy) is 1. The van der Waals surface area contributed by atoms with E-state index in [-0.39, 0.29) is 11.6 Å². The van der Waals surface area contributed by atoms with Gasteiger partial charge in [0.2, 0.25) is 0 Å². The highest BCUT2D eigenvalue weighted by molar-refractivity contribution is 5.76. The first kappa shape index (κ1) is 23.7. The normalized spacial score (nSPS) is 22.5. The zero-order valence-corrected chi connectivity index (χ0v) is 20.0. The van der Waals surface area contributed by atoms with Crippen molar-refractivity contribution in [3.63, 3.8) is 0 Å². The molecule has 9 nitrogen and oxygen atoms in total. The lowest BCUT2D eigenvalue weighted by atomic mass is 9.72. The van der Waals surface area contributed by atoms with Crippen molar-refractivity contribution in [1.29, 1.82) is 0 Å². The molecule has 1 unspecified atom stereocenters. The summed E-state index contributed by atoms with van der Waals surface area (Å²) in [7, 11) is 0. The van der Waals surface area contributed by atoms with Crippen molar-refractivity contribution in [2.75, 3.05) is 25.4 Å².